The molecular weight excluding hydrogens is 309 g/mol. The minimum atomic E-state index is -0.416. The van der Waals surface area contributed by atoms with E-state index in [1.165, 1.54) is 12.1 Å². The fraction of sp³-hybridized carbons (Fsp3) is 0.278. The lowest BCUT2D eigenvalue weighted by molar-refractivity contribution is 0.168. The Morgan fingerprint density at radius 1 is 1.29 bits per heavy atom. The van der Waals surface area contributed by atoms with E-state index in [-0.39, 0.29) is 11.9 Å². The van der Waals surface area contributed by atoms with Gasteiger partial charge in [0.05, 0.1) is 12.6 Å². The van der Waals surface area contributed by atoms with E-state index in [1.54, 1.807) is 12.3 Å². The number of benzene rings is 1. The molecule has 24 heavy (non-hydrogen) atoms. The van der Waals surface area contributed by atoms with Crippen molar-refractivity contribution in [3.8, 4) is 11.5 Å². The summed E-state index contributed by atoms with van der Waals surface area (Å²) in [5.74, 6) is 1.27. The van der Waals surface area contributed by atoms with Gasteiger partial charge in [-0.05, 0) is 42.3 Å². The second-order valence-electron chi connectivity index (χ2n) is 6.13. The number of aliphatic hydroxyl groups excluding tert-OH is 1. The molecule has 3 heterocycles. The van der Waals surface area contributed by atoms with Crippen LogP contribution in [0, 0.1) is 5.82 Å². The molecule has 0 bridgehead atoms. The molecule has 1 aliphatic heterocycles. The lowest BCUT2D eigenvalue weighted by Crippen LogP contribution is -2.24. The fourth-order valence-electron chi connectivity index (χ4n) is 3.32. The monoisotopic (exact) mass is 327 g/mol. The molecule has 1 aliphatic rings. The first-order valence-electron chi connectivity index (χ1n) is 7.95. The van der Waals surface area contributed by atoms with Gasteiger partial charge in [0.1, 0.15) is 17.3 Å². The molecule has 2 atom stereocenters. The largest absolute Gasteiger partial charge is 0.458 e. The molecule has 1 aromatic carbocycles. The lowest BCUT2D eigenvalue weighted by atomic mass is 10.0. The van der Waals surface area contributed by atoms with Crippen LogP contribution in [0.5, 0.6) is 0 Å². The smallest absolute Gasteiger partial charge is 0.152 e. The molecule has 0 saturated carbocycles. The van der Waals surface area contributed by atoms with E-state index in [2.05, 4.69) is 15.1 Å². The average Bonchev–Trinajstić information content (AvgIpc) is 3.28. The maximum atomic E-state index is 13.5. The fourth-order valence-corrected chi connectivity index (χ4v) is 3.32. The number of furan rings is 1. The van der Waals surface area contributed by atoms with Crippen LogP contribution in [0.3, 0.4) is 0 Å². The van der Waals surface area contributed by atoms with E-state index in [9.17, 15) is 9.50 Å². The Kier molecular flexibility index (Phi) is 3.92. The molecule has 0 aliphatic carbocycles. The van der Waals surface area contributed by atoms with E-state index >= 15 is 0 Å². The van der Waals surface area contributed by atoms with Crippen molar-refractivity contribution >= 4 is 0 Å². The lowest BCUT2D eigenvalue weighted by Gasteiger charge is -2.23. The van der Waals surface area contributed by atoms with Gasteiger partial charge in [0.2, 0.25) is 0 Å². The zero-order valence-corrected chi connectivity index (χ0v) is 13.0. The first-order valence-corrected chi connectivity index (χ1v) is 7.95. The van der Waals surface area contributed by atoms with Crippen molar-refractivity contribution in [1.29, 1.82) is 0 Å². The number of hydrogen-bond acceptors (Lipinski definition) is 4. The third-order valence-electron chi connectivity index (χ3n) is 4.40. The molecule has 6 heteroatoms. The standard InChI is InChI=1S/C18H18FN3O2/c19-13-3-1-2-12(8-13)17-9-14(23)10-22(17)11-15-4-5-18(24-15)16-6-7-20-21-16/h1-8,14,17,23H,9-11H2,(H,20,21)/t14-,17+/m1/s1. The second-order valence-corrected chi connectivity index (χ2v) is 6.13. The van der Waals surface area contributed by atoms with Crippen molar-refractivity contribution in [2.45, 2.75) is 25.1 Å². The Labute approximate surface area is 138 Å². The van der Waals surface area contributed by atoms with Crippen LogP contribution in [-0.2, 0) is 6.54 Å². The van der Waals surface area contributed by atoms with Gasteiger partial charge in [0.25, 0.3) is 0 Å². The number of hydrogen-bond donors (Lipinski definition) is 2. The number of H-pyrrole nitrogens is 1. The van der Waals surface area contributed by atoms with Gasteiger partial charge >= 0.3 is 0 Å². The molecule has 1 saturated heterocycles. The molecule has 4 rings (SSSR count). The summed E-state index contributed by atoms with van der Waals surface area (Å²) >= 11 is 0. The molecule has 0 amide bonds. The third kappa shape index (κ3) is 2.98. The summed E-state index contributed by atoms with van der Waals surface area (Å²) in [5, 5.41) is 16.8. The number of aromatic nitrogens is 2. The van der Waals surface area contributed by atoms with Crippen LogP contribution in [0.25, 0.3) is 11.5 Å². The molecule has 0 unspecified atom stereocenters. The summed E-state index contributed by atoms with van der Waals surface area (Å²) in [4.78, 5) is 2.12. The highest BCUT2D eigenvalue weighted by Crippen LogP contribution is 2.34. The predicted octanol–water partition coefficient (Wildman–Crippen LogP) is 3.12. The highest BCUT2D eigenvalue weighted by Gasteiger charge is 2.32. The number of halogens is 1. The molecule has 1 fully saturated rings. The van der Waals surface area contributed by atoms with Gasteiger partial charge in [-0.25, -0.2) is 4.39 Å². The predicted molar refractivity (Wildman–Crippen MR) is 86.5 cm³/mol. The highest BCUT2D eigenvalue weighted by atomic mass is 19.1. The quantitative estimate of drug-likeness (QED) is 0.773. The van der Waals surface area contributed by atoms with E-state index in [1.807, 2.05) is 24.3 Å². The molecule has 0 radical (unpaired) electrons. The van der Waals surface area contributed by atoms with Crippen molar-refractivity contribution in [3.05, 3.63) is 65.8 Å². The third-order valence-corrected chi connectivity index (χ3v) is 4.40. The van der Waals surface area contributed by atoms with Gasteiger partial charge in [-0.1, -0.05) is 12.1 Å². The van der Waals surface area contributed by atoms with Gasteiger partial charge in [-0.2, -0.15) is 5.10 Å². The summed E-state index contributed by atoms with van der Waals surface area (Å²) < 4.78 is 19.4. The highest BCUT2D eigenvalue weighted by molar-refractivity contribution is 5.51. The number of β-amino-alcohol motifs (C(OH)–C–C–N with tert-alkyl or cyclic N) is 1. The number of nitrogens with one attached hydrogen (secondary N) is 1. The van der Waals surface area contributed by atoms with E-state index in [0.29, 0.717) is 19.5 Å². The number of aromatic amines is 1. The Morgan fingerprint density at radius 2 is 2.21 bits per heavy atom. The van der Waals surface area contributed by atoms with Gasteiger partial charge in [0, 0.05) is 18.8 Å². The van der Waals surface area contributed by atoms with Crippen LogP contribution in [0.4, 0.5) is 4.39 Å². The number of nitrogens with zero attached hydrogens (tertiary/aromatic N) is 2. The molecule has 124 valence electrons. The maximum Gasteiger partial charge on any atom is 0.152 e. The summed E-state index contributed by atoms with van der Waals surface area (Å²) in [6, 6.07) is 12.2. The molecule has 0 spiro atoms. The minimum Gasteiger partial charge on any atom is -0.458 e. The van der Waals surface area contributed by atoms with Gasteiger partial charge in [-0.3, -0.25) is 10.00 Å². The summed E-state index contributed by atoms with van der Waals surface area (Å²) in [6.45, 7) is 1.10. The van der Waals surface area contributed by atoms with Crippen LogP contribution in [0.1, 0.15) is 23.8 Å². The van der Waals surface area contributed by atoms with E-state index in [0.717, 1.165) is 22.8 Å². The second kappa shape index (κ2) is 6.22. The Hall–Kier alpha value is -2.44. The van der Waals surface area contributed by atoms with Crippen LogP contribution in [0.2, 0.25) is 0 Å². The minimum absolute atomic E-state index is 0.0172. The molecular formula is C18H18FN3O2. The topological polar surface area (TPSA) is 65.3 Å². The average molecular weight is 327 g/mol. The first kappa shape index (κ1) is 15.1. The van der Waals surface area contributed by atoms with E-state index in [4.69, 9.17) is 4.42 Å². The molecule has 2 N–H and O–H groups in total. The van der Waals surface area contributed by atoms with Crippen LogP contribution in [0.15, 0.2) is 53.1 Å². The number of rotatable bonds is 4. The number of likely N-dealkylation sites (tertiary alicyclic amines) is 1. The number of aliphatic hydroxyl groups is 1. The van der Waals surface area contributed by atoms with Gasteiger partial charge < -0.3 is 9.52 Å². The van der Waals surface area contributed by atoms with Crippen LogP contribution >= 0.6 is 0 Å². The summed E-state index contributed by atoms with van der Waals surface area (Å²) in [5.41, 5.74) is 1.70. The van der Waals surface area contributed by atoms with Crippen molar-refractivity contribution in [3.63, 3.8) is 0 Å². The molecule has 5 nitrogen and oxygen atoms in total. The summed E-state index contributed by atoms with van der Waals surface area (Å²) in [6.07, 6.45) is 1.85. The zero-order valence-electron chi connectivity index (χ0n) is 13.0. The van der Waals surface area contributed by atoms with E-state index < -0.39 is 6.10 Å². The molecule has 3 aromatic rings. The Balaban J connectivity index is 1.54. The van der Waals surface area contributed by atoms with Crippen LogP contribution < -0.4 is 0 Å². The molecule has 2 aromatic heterocycles. The Bertz CT molecular complexity index is 815. The van der Waals surface area contributed by atoms with Gasteiger partial charge in [0.15, 0.2) is 5.76 Å². The Morgan fingerprint density at radius 3 is 3.00 bits per heavy atom. The van der Waals surface area contributed by atoms with Crippen molar-refractivity contribution in [1.82, 2.24) is 15.1 Å². The van der Waals surface area contributed by atoms with Gasteiger partial charge in [-0.15, -0.1) is 0 Å². The normalized spacial score (nSPS) is 21.4. The zero-order chi connectivity index (χ0) is 16.5. The van der Waals surface area contributed by atoms with Crippen LogP contribution in [-0.4, -0.2) is 32.9 Å². The summed E-state index contributed by atoms with van der Waals surface area (Å²) in [7, 11) is 0. The SMILES string of the molecule is O[C@@H]1C[C@@H](c2cccc(F)c2)N(Cc2ccc(-c3ccn[nH]3)o2)C1. The van der Waals surface area contributed by atoms with Crippen molar-refractivity contribution in [2.75, 3.05) is 6.54 Å². The van der Waals surface area contributed by atoms with Crippen molar-refractivity contribution in [2.24, 2.45) is 0 Å². The first-order chi connectivity index (χ1) is 11.7. The maximum absolute atomic E-state index is 13.5. The van der Waals surface area contributed by atoms with Crippen molar-refractivity contribution < 1.29 is 13.9 Å².